The number of amides is 3. The Bertz CT molecular complexity index is 1260. The van der Waals surface area contributed by atoms with Gasteiger partial charge in [0.2, 0.25) is 0 Å². The van der Waals surface area contributed by atoms with E-state index >= 15 is 0 Å². The van der Waals surface area contributed by atoms with Gasteiger partial charge in [0.05, 0.1) is 22.6 Å². The molecule has 3 amide bonds. The zero-order chi connectivity index (χ0) is 23.0. The molecule has 0 atom stereocenters. The summed E-state index contributed by atoms with van der Waals surface area (Å²) in [5.41, 5.74) is 0.350. The molecule has 0 aromatic heterocycles. The van der Waals surface area contributed by atoms with Crippen molar-refractivity contribution >= 4 is 46.6 Å². The number of nitrogens with zero attached hydrogens (tertiary/aromatic N) is 3. The molecule has 0 spiro atoms. The highest BCUT2D eigenvalue weighted by Crippen LogP contribution is 2.29. The normalized spacial score (nSPS) is 12.6. The van der Waals surface area contributed by atoms with E-state index in [9.17, 15) is 24.5 Å². The van der Waals surface area contributed by atoms with Crippen molar-refractivity contribution < 1.29 is 19.3 Å². The van der Waals surface area contributed by atoms with Gasteiger partial charge in [0.15, 0.2) is 0 Å². The fraction of sp³-hybridized carbons (Fsp3) is 0.0455. The van der Waals surface area contributed by atoms with Crippen LogP contribution in [-0.4, -0.2) is 32.7 Å². The van der Waals surface area contributed by atoms with Gasteiger partial charge in [-0.3, -0.25) is 24.5 Å². The van der Waals surface area contributed by atoms with Crippen LogP contribution in [0.25, 0.3) is 0 Å². The number of halogens is 2. The molecule has 4 rings (SSSR count). The van der Waals surface area contributed by atoms with Crippen LogP contribution in [0.5, 0.6) is 0 Å². The molecule has 160 valence electrons. The molecule has 3 aromatic rings. The molecule has 0 saturated carbocycles. The maximum atomic E-state index is 13.4. The molecule has 1 aliphatic heterocycles. The Kier molecular flexibility index (Phi) is 5.65. The lowest BCUT2D eigenvalue weighted by Crippen LogP contribution is -2.49. The summed E-state index contributed by atoms with van der Waals surface area (Å²) < 4.78 is 0. The number of carbonyl (C=O) groups excluding carboxylic acids is 3. The quantitative estimate of drug-likeness (QED) is 0.304. The van der Waals surface area contributed by atoms with Crippen LogP contribution in [0.4, 0.5) is 5.69 Å². The molecule has 0 bridgehead atoms. The van der Waals surface area contributed by atoms with Crippen molar-refractivity contribution in [1.82, 2.24) is 10.0 Å². The fourth-order valence-electron chi connectivity index (χ4n) is 3.34. The van der Waals surface area contributed by atoms with Crippen molar-refractivity contribution in [2.24, 2.45) is 0 Å². The lowest BCUT2D eigenvalue weighted by atomic mass is 10.1. The molecule has 0 saturated heterocycles. The second kappa shape index (κ2) is 8.41. The van der Waals surface area contributed by atoms with E-state index in [4.69, 9.17) is 23.2 Å². The highest BCUT2D eigenvalue weighted by Gasteiger charge is 2.41. The summed E-state index contributed by atoms with van der Waals surface area (Å²) in [7, 11) is 0. The van der Waals surface area contributed by atoms with Gasteiger partial charge in [-0.25, -0.2) is 5.01 Å². The standard InChI is InChI=1S/C22H13Cl2N3O5/c23-15-9-8-14(19(24)11-15)12-25(20(28)13-4-3-5-16(10-13)27(31)32)26-21(29)17-6-1-2-7-18(17)22(26)30/h1-11H,12H2. The number of hydrazine groups is 1. The first kappa shape index (κ1) is 21.5. The summed E-state index contributed by atoms with van der Waals surface area (Å²) in [5, 5.41) is 13.4. The van der Waals surface area contributed by atoms with E-state index in [1.807, 2.05) is 0 Å². The molecule has 8 nitrogen and oxygen atoms in total. The van der Waals surface area contributed by atoms with Gasteiger partial charge in [-0.15, -0.1) is 0 Å². The molecule has 1 aliphatic rings. The molecule has 3 aromatic carbocycles. The second-order valence-corrected chi connectivity index (χ2v) is 7.72. The lowest BCUT2D eigenvalue weighted by molar-refractivity contribution is -0.384. The number of nitro benzene ring substituents is 1. The lowest BCUT2D eigenvalue weighted by Gasteiger charge is -2.30. The van der Waals surface area contributed by atoms with E-state index in [0.29, 0.717) is 10.6 Å². The molecule has 0 unspecified atom stereocenters. The highest BCUT2D eigenvalue weighted by molar-refractivity contribution is 6.35. The minimum atomic E-state index is -0.783. The van der Waals surface area contributed by atoms with Crippen LogP contribution in [0.1, 0.15) is 36.6 Å². The molecule has 0 aliphatic carbocycles. The Morgan fingerprint density at radius 1 is 0.938 bits per heavy atom. The van der Waals surface area contributed by atoms with Crippen molar-refractivity contribution in [2.75, 3.05) is 0 Å². The summed E-state index contributed by atoms with van der Waals surface area (Å²) in [4.78, 5) is 50.0. The molecule has 10 heteroatoms. The number of benzene rings is 3. The van der Waals surface area contributed by atoms with Gasteiger partial charge >= 0.3 is 0 Å². The van der Waals surface area contributed by atoms with Gasteiger partial charge in [-0.2, -0.15) is 5.01 Å². The van der Waals surface area contributed by atoms with Crippen molar-refractivity contribution in [3.63, 3.8) is 0 Å². The average molecular weight is 470 g/mol. The van der Waals surface area contributed by atoms with Crippen LogP contribution in [0.2, 0.25) is 10.0 Å². The summed E-state index contributed by atoms with van der Waals surface area (Å²) in [6.45, 7) is -0.247. The number of non-ortho nitro benzene ring substituents is 1. The molecule has 0 fully saturated rings. The van der Waals surface area contributed by atoms with Crippen molar-refractivity contribution in [3.05, 3.63) is 109 Å². The van der Waals surface area contributed by atoms with Crippen LogP contribution in [0, 0.1) is 10.1 Å². The summed E-state index contributed by atoms with van der Waals surface area (Å²) >= 11 is 12.2. The van der Waals surface area contributed by atoms with Crippen LogP contribution in [0.15, 0.2) is 66.7 Å². The van der Waals surface area contributed by atoms with Crippen LogP contribution < -0.4 is 0 Å². The fourth-order valence-corrected chi connectivity index (χ4v) is 3.81. The van der Waals surface area contributed by atoms with Crippen LogP contribution >= 0.6 is 23.2 Å². The number of fused-ring (bicyclic) bond motifs is 1. The number of rotatable bonds is 5. The Hall–Kier alpha value is -3.75. The van der Waals surface area contributed by atoms with Gasteiger partial charge in [0.25, 0.3) is 23.4 Å². The predicted molar refractivity (Wildman–Crippen MR) is 116 cm³/mol. The SMILES string of the molecule is O=C(c1cccc([N+](=O)[O-])c1)N(Cc1ccc(Cl)cc1Cl)N1C(=O)c2ccccc2C1=O. The van der Waals surface area contributed by atoms with E-state index in [1.54, 1.807) is 24.3 Å². The van der Waals surface area contributed by atoms with Gasteiger partial charge in [0.1, 0.15) is 0 Å². The Balaban J connectivity index is 1.79. The van der Waals surface area contributed by atoms with Crippen LogP contribution in [-0.2, 0) is 6.54 Å². The zero-order valence-corrected chi connectivity index (χ0v) is 17.7. The van der Waals surface area contributed by atoms with Crippen molar-refractivity contribution in [2.45, 2.75) is 6.54 Å². The van der Waals surface area contributed by atoms with Crippen LogP contribution in [0.3, 0.4) is 0 Å². The average Bonchev–Trinajstić information content (AvgIpc) is 3.03. The van der Waals surface area contributed by atoms with E-state index < -0.39 is 22.6 Å². The van der Waals surface area contributed by atoms with Gasteiger partial charge in [0, 0.05) is 27.7 Å². The first-order valence-corrected chi connectivity index (χ1v) is 10.0. The molecule has 0 radical (unpaired) electrons. The maximum Gasteiger partial charge on any atom is 0.280 e. The first-order chi connectivity index (χ1) is 15.3. The third-order valence-electron chi connectivity index (χ3n) is 4.89. The predicted octanol–water partition coefficient (Wildman–Crippen LogP) is 4.76. The Morgan fingerprint density at radius 2 is 1.59 bits per heavy atom. The number of nitro groups is 1. The minimum Gasteiger partial charge on any atom is -0.267 e. The first-order valence-electron chi connectivity index (χ1n) is 9.26. The van der Waals surface area contributed by atoms with Crippen molar-refractivity contribution in [3.8, 4) is 0 Å². The molecule has 32 heavy (non-hydrogen) atoms. The van der Waals surface area contributed by atoms with Crippen molar-refractivity contribution in [1.29, 1.82) is 0 Å². The maximum absolute atomic E-state index is 13.4. The number of hydrogen-bond acceptors (Lipinski definition) is 5. The zero-order valence-electron chi connectivity index (χ0n) is 16.2. The largest absolute Gasteiger partial charge is 0.280 e. The van der Waals surface area contributed by atoms with Gasteiger partial charge in [-0.05, 0) is 35.9 Å². The molecule has 0 N–H and O–H groups in total. The van der Waals surface area contributed by atoms with E-state index in [2.05, 4.69) is 0 Å². The smallest absolute Gasteiger partial charge is 0.267 e. The second-order valence-electron chi connectivity index (χ2n) is 6.87. The highest BCUT2D eigenvalue weighted by atomic mass is 35.5. The van der Waals surface area contributed by atoms with Gasteiger partial charge in [-0.1, -0.05) is 47.5 Å². The third kappa shape index (κ3) is 3.81. The number of imide groups is 1. The van der Waals surface area contributed by atoms with E-state index in [1.165, 1.54) is 36.4 Å². The monoisotopic (exact) mass is 469 g/mol. The topological polar surface area (TPSA) is 101 Å². The molecular weight excluding hydrogens is 457 g/mol. The summed E-state index contributed by atoms with van der Waals surface area (Å²) in [5.74, 6) is -2.15. The summed E-state index contributed by atoms with van der Waals surface area (Å²) in [6, 6.07) is 15.8. The van der Waals surface area contributed by atoms with E-state index in [0.717, 1.165) is 16.1 Å². The molecule has 1 heterocycles. The number of hydrogen-bond donors (Lipinski definition) is 0. The third-order valence-corrected chi connectivity index (χ3v) is 5.47. The van der Waals surface area contributed by atoms with E-state index in [-0.39, 0.29) is 33.9 Å². The Labute approximate surface area is 191 Å². The summed E-state index contributed by atoms with van der Waals surface area (Å²) in [6.07, 6.45) is 0. The van der Waals surface area contributed by atoms with Gasteiger partial charge < -0.3 is 0 Å². The Morgan fingerprint density at radius 3 is 2.19 bits per heavy atom. The minimum absolute atomic E-state index is 0.0687. The number of carbonyl (C=O) groups is 3. The molecular formula is C22H13Cl2N3O5.